The van der Waals surface area contributed by atoms with Crippen LogP contribution < -0.4 is 14.6 Å². The van der Waals surface area contributed by atoms with Crippen molar-refractivity contribution in [3.63, 3.8) is 0 Å². The van der Waals surface area contributed by atoms with Crippen LogP contribution in [0, 0.1) is 0 Å². The molecular formula is C17H17Cl2N2O4S-. The maximum Gasteiger partial charge on any atom is 0.263 e. The van der Waals surface area contributed by atoms with E-state index in [4.69, 9.17) is 27.9 Å². The van der Waals surface area contributed by atoms with Crippen molar-refractivity contribution < 1.29 is 18.3 Å². The Balaban J connectivity index is 2.44. The highest BCUT2D eigenvalue weighted by molar-refractivity contribution is 7.92. The van der Waals surface area contributed by atoms with Gasteiger partial charge < -0.3 is 14.8 Å². The maximum atomic E-state index is 12.7. The fourth-order valence-corrected chi connectivity index (χ4v) is 4.06. The van der Waals surface area contributed by atoms with Crippen LogP contribution in [0.2, 0.25) is 10.0 Å². The first-order valence-electron chi connectivity index (χ1n) is 7.67. The third kappa shape index (κ3) is 4.41. The van der Waals surface area contributed by atoms with Crippen molar-refractivity contribution >= 4 is 44.8 Å². The molecule has 0 atom stereocenters. The molecule has 0 saturated heterocycles. The Labute approximate surface area is 162 Å². The van der Waals surface area contributed by atoms with Gasteiger partial charge in [-0.25, -0.2) is 8.42 Å². The molecule has 0 aliphatic carbocycles. The lowest BCUT2D eigenvalue weighted by molar-refractivity contribution is -0.213. The van der Waals surface area contributed by atoms with Crippen LogP contribution in [-0.2, 0) is 10.0 Å². The maximum absolute atomic E-state index is 12.7. The van der Waals surface area contributed by atoms with Crippen LogP contribution in [0.5, 0.6) is 5.75 Å². The average molecular weight is 416 g/mol. The van der Waals surface area contributed by atoms with Gasteiger partial charge in [-0.2, -0.15) is 0 Å². The largest absolute Gasteiger partial charge is 0.858 e. The van der Waals surface area contributed by atoms with Crippen molar-refractivity contribution in [2.75, 3.05) is 18.4 Å². The molecule has 0 aromatic heterocycles. The number of rotatable bonds is 7. The van der Waals surface area contributed by atoms with Gasteiger partial charge in [-0.3, -0.25) is 4.72 Å². The summed E-state index contributed by atoms with van der Waals surface area (Å²) >= 11 is 12.1. The molecule has 0 radical (unpaired) electrons. The molecule has 0 bridgehead atoms. The molecule has 26 heavy (non-hydrogen) atoms. The minimum absolute atomic E-state index is 0.0145. The number of para-hydroxylation sites is 1. The summed E-state index contributed by atoms with van der Waals surface area (Å²) in [5, 5.41) is 12.0. The zero-order chi connectivity index (χ0) is 19.3. The Kier molecular flexibility index (Phi) is 6.75. The summed E-state index contributed by atoms with van der Waals surface area (Å²) in [4.78, 5) is 3.67. The Morgan fingerprint density at radius 2 is 1.88 bits per heavy atom. The summed E-state index contributed by atoms with van der Waals surface area (Å²) in [6.07, 6.45) is 0.708. The number of sulfonamides is 1. The van der Waals surface area contributed by atoms with Gasteiger partial charge in [-0.15, -0.1) is 0 Å². The van der Waals surface area contributed by atoms with Gasteiger partial charge in [0.25, 0.3) is 10.0 Å². The van der Waals surface area contributed by atoms with Crippen LogP contribution >= 0.6 is 23.2 Å². The van der Waals surface area contributed by atoms with Gasteiger partial charge in [-0.05, 0) is 30.5 Å². The number of aliphatic imine (C=N–C) groups is 1. The molecule has 0 heterocycles. The fourth-order valence-electron chi connectivity index (χ4n) is 2.14. The van der Waals surface area contributed by atoms with Crippen LogP contribution in [0.25, 0.3) is 0 Å². The summed E-state index contributed by atoms with van der Waals surface area (Å²) < 4.78 is 32.8. The second kappa shape index (κ2) is 8.62. The predicted molar refractivity (Wildman–Crippen MR) is 102 cm³/mol. The van der Waals surface area contributed by atoms with Crippen LogP contribution in [0.3, 0.4) is 0 Å². The normalized spacial score (nSPS) is 12.1. The van der Waals surface area contributed by atoms with Crippen LogP contribution in [0.1, 0.15) is 18.9 Å². The highest BCUT2D eigenvalue weighted by atomic mass is 35.5. The van der Waals surface area contributed by atoms with Crippen LogP contribution in [0.4, 0.5) is 5.69 Å². The van der Waals surface area contributed by atoms with Crippen molar-refractivity contribution in [1.29, 1.82) is 0 Å². The number of anilines is 1. The third-order valence-corrected chi connectivity index (χ3v) is 5.79. The first-order valence-corrected chi connectivity index (χ1v) is 9.91. The van der Waals surface area contributed by atoms with Gasteiger partial charge in [-0.1, -0.05) is 48.3 Å². The third-order valence-electron chi connectivity index (χ3n) is 3.40. The van der Waals surface area contributed by atoms with E-state index in [0.717, 1.165) is 0 Å². The van der Waals surface area contributed by atoms with Gasteiger partial charge in [0.05, 0.1) is 17.8 Å². The Morgan fingerprint density at radius 3 is 2.54 bits per heavy atom. The standard InChI is InChI=1S/C17H18Cl2N2O4S/c1-3-10-20-17(22)11-6-4-5-7-12(11)21-26(23,24)14-9-8-13(25-2)15(18)16(14)19/h4-9,21H,3,10H2,1-2H3,(H,20,22)/p-1. The van der Waals surface area contributed by atoms with E-state index in [2.05, 4.69) is 9.71 Å². The van der Waals surface area contributed by atoms with Gasteiger partial charge in [0, 0.05) is 12.1 Å². The number of hydrogen-bond acceptors (Lipinski definition) is 5. The number of benzene rings is 2. The van der Waals surface area contributed by atoms with E-state index in [9.17, 15) is 13.5 Å². The first-order chi connectivity index (χ1) is 12.3. The summed E-state index contributed by atoms with van der Waals surface area (Å²) in [7, 11) is -2.69. The molecular weight excluding hydrogens is 399 g/mol. The molecule has 1 N–H and O–H groups in total. The highest BCUT2D eigenvalue weighted by Gasteiger charge is 2.22. The number of nitrogens with zero attached hydrogens (tertiary/aromatic N) is 1. The van der Waals surface area contributed by atoms with Gasteiger partial charge >= 0.3 is 0 Å². The summed E-state index contributed by atoms with van der Waals surface area (Å²) in [5.74, 6) is -0.242. The molecule has 2 aromatic rings. The smallest absolute Gasteiger partial charge is 0.263 e. The fraction of sp³-hybridized carbons (Fsp3) is 0.235. The molecule has 0 spiro atoms. The Bertz CT molecular complexity index is 930. The molecule has 2 rings (SSSR count). The Hall–Kier alpha value is -1.96. The van der Waals surface area contributed by atoms with E-state index >= 15 is 0 Å². The molecule has 0 fully saturated rings. The minimum atomic E-state index is -4.08. The molecule has 0 saturated carbocycles. The predicted octanol–water partition coefficient (Wildman–Crippen LogP) is 3.32. The Morgan fingerprint density at radius 1 is 1.19 bits per heavy atom. The van der Waals surface area contributed by atoms with E-state index in [1.54, 1.807) is 12.1 Å². The number of halogens is 2. The minimum Gasteiger partial charge on any atom is -0.858 e. The van der Waals surface area contributed by atoms with Crippen molar-refractivity contribution in [3.8, 4) is 5.75 Å². The topological polar surface area (TPSA) is 90.8 Å². The van der Waals surface area contributed by atoms with E-state index in [-0.39, 0.29) is 31.9 Å². The van der Waals surface area contributed by atoms with Crippen LogP contribution in [-0.4, -0.2) is 28.0 Å². The van der Waals surface area contributed by atoms with E-state index < -0.39 is 15.9 Å². The lowest BCUT2D eigenvalue weighted by atomic mass is 10.2. The number of nitrogens with one attached hydrogen (secondary N) is 1. The second-order valence-corrected chi connectivity index (χ2v) is 7.64. The summed E-state index contributed by atoms with van der Waals surface area (Å²) in [6, 6.07) is 8.89. The van der Waals surface area contributed by atoms with E-state index in [1.165, 1.54) is 31.4 Å². The molecule has 0 aliphatic rings. The van der Waals surface area contributed by atoms with Crippen molar-refractivity contribution in [2.45, 2.75) is 18.2 Å². The van der Waals surface area contributed by atoms with E-state index in [0.29, 0.717) is 13.0 Å². The van der Waals surface area contributed by atoms with Gasteiger partial charge in [0.15, 0.2) is 0 Å². The molecule has 0 amide bonds. The van der Waals surface area contributed by atoms with Gasteiger partial charge in [0.1, 0.15) is 15.7 Å². The number of ether oxygens (including phenoxy) is 1. The monoisotopic (exact) mass is 415 g/mol. The lowest BCUT2D eigenvalue weighted by Crippen LogP contribution is -2.23. The molecule has 9 heteroatoms. The zero-order valence-electron chi connectivity index (χ0n) is 14.1. The van der Waals surface area contributed by atoms with Gasteiger partial charge in [0.2, 0.25) is 0 Å². The zero-order valence-corrected chi connectivity index (χ0v) is 16.5. The van der Waals surface area contributed by atoms with Crippen LogP contribution in [0.15, 0.2) is 46.3 Å². The number of hydrogen-bond donors (Lipinski definition) is 1. The molecule has 0 unspecified atom stereocenters. The quantitative estimate of drug-likeness (QED) is 0.554. The summed E-state index contributed by atoms with van der Waals surface area (Å²) in [5.41, 5.74) is 0.264. The average Bonchev–Trinajstić information content (AvgIpc) is 2.61. The molecule has 2 aromatic carbocycles. The lowest BCUT2D eigenvalue weighted by Gasteiger charge is -2.18. The van der Waals surface area contributed by atoms with E-state index in [1.807, 2.05) is 6.92 Å². The number of methoxy groups -OCH3 is 1. The molecule has 140 valence electrons. The first kappa shape index (κ1) is 20.4. The van der Waals surface area contributed by atoms with Crippen molar-refractivity contribution in [1.82, 2.24) is 0 Å². The van der Waals surface area contributed by atoms with Crippen molar-refractivity contribution in [2.24, 2.45) is 4.99 Å². The highest BCUT2D eigenvalue weighted by Crippen LogP contribution is 2.37. The molecule has 0 aliphatic heterocycles. The van der Waals surface area contributed by atoms with Crippen molar-refractivity contribution in [3.05, 3.63) is 52.0 Å². The second-order valence-electron chi connectivity index (χ2n) is 5.23. The summed E-state index contributed by atoms with van der Waals surface area (Å²) in [6.45, 7) is 2.25. The molecule has 6 nitrogen and oxygen atoms in total. The SMILES string of the molecule is CCCN=C([O-])c1ccccc1NS(=O)(=O)c1ccc(OC)c(Cl)c1Cl.